The maximum atomic E-state index is 6.13. The van der Waals surface area contributed by atoms with Crippen LogP contribution < -0.4 is 10.6 Å². The lowest BCUT2D eigenvalue weighted by atomic mass is 10.2. The summed E-state index contributed by atoms with van der Waals surface area (Å²) in [4.78, 5) is 4.37. The van der Waals surface area contributed by atoms with E-state index in [1.807, 2.05) is 31.2 Å². The van der Waals surface area contributed by atoms with Crippen molar-refractivity contribution in [2.45, 2.75) is 6.92 Å². The number of aromatic nitrogens is 3. The highest BCUT2D eigenvalue weighted by Crippen LogP contribution is 2.27. The third-order valence-electron chi connectivity index (χ3n) is 3.02. The summed E-state index contributed by atoms with van der Waals surface area (Å²) < 4.78 is 0. The van der Waals surface area contributed by atoms with Crippen molar-refractivity contribution in [1.29, 1.82) is 0 Å². The third kappa shape index (κ3) is 4.09. The molecule has 0 radical (unpaired) electrons. The minimum Gasteiger partial charge on any atom is -0.338 e. The lowest BCUT2D eigenvalue weighted by Gasteiger charge is -2.09. The molecular weight excluding hydrogens is 333 g/mol. The predicted molar refractivity (Wildman–Crippen MR) is 94.0 cm³/mol. The number of nitrogens with one attached hydrogen (secondary N) is 2. The van der Waals surface area contributed by atoms with E-state index in [2.05, 4.69) is 25.8 Å². The molecule has 1 aromatic heterocycles. The number of benzene rings is 2. The molecule has 116 valence electrons. The Labute approximate surface area is 143 Å². The van der Waals surface area contributed by atoms with Gasteiger partial charge in [0.2, 0.25) is 5.95 Å². The van der Waals surface area contributed by atoms with Crippen molar-refractivity contribution >= 4 is 46.3 Å². The molecule has 0 fully saturated rings. The Bertz CT molecular complexity index is 838. The van der Waals surface area contributed by atoms with Gasteiger partial charge in [-0.15, -0.1) is 5.10 Å². The number of rotatable bonds is 4. The maximum Gasteiger partial charge on any atom is 0.249 e. The first kappa shape index (κ1) is 15.5. The van der Waals surface area contributed by atoms with Crippen molar-refractivity contribution in [3.63, 3.8) is 0 Å². The van der Waals surface area contributed by atoms with Crippen LogP contribution in [0.3, 0.4) is 0 Å². The van der Waals surface area contributed by atoms with Crippen LogP contribution in [-0.2, 0) is 0 Å². The average Bonchev–Trinajstić information content (AvgIpc) is 2.51. The van der Waals surface area contributed by atoms with E-state index in [0.717, 1.165) is 11.3 Å². The zero-order valence-electron chi connectivity index (χ0n) is 12.2. The monoisotopic (exact) mass is 345 g/mol. The van der Waals surface area contributed by atoms with E-state index < -0.39 is 0 Å². The standard InChI is InChI=1S/C16H13Cl2N5/c1-10-3-2-4-12(7-10)20-16-22-15(9-19-23-16)21-14-8-11(17)5-6-13(14)18/h2-9H,1H3,(H2,20,21,22,23). The predicted octanol–water partition coefficient (Wildman–Crippen LogP) is 4.97. The highest BCUT2D eigenvalue weighted by atomic mass is 35.5. The smallest absolute Gasteiger partial charge is 0.249 e. The molecule has 0 saturated carbocycles. The van der Waals surface area contributed by atoms with Crippen molar-refractivity contribution < 1.29 is 0 Å². The first-order valence-electron chi connectivity index (χ1n) is 6.86. The van der Waals surface area contributed by atoms with Crippen molar-refractivity contribution in [2.75, 3.05) is 10.6 Å². The Morgan fingerprint density at radius 3 is 2.70 bits per heavy atom. The van der Waals surface area contributed by atoms with Gasteiger partial charge >= 0.3 is 0 Å². The van der Waals surface area contributed by atoms with Gasteiger partial charge < -0.3 is 10.6 Å². The Balaban J connectivity index is 1.81. The molecule has 0 saturated heterocycles. The Morgan fingerprint density at radius 2 is 1.87 bits per heavy atom. The average molecular weight is 346 g/mol. The topological polar surface area (TPSA) is 62.7 Å². The molecule has 0 aliphatic heterocycles. The van der Waals surface area contributed by atoms with Crippen LogP contribution in [0.25, 0.3) is 0 Å². The fraction of sp³-hybridized carbons (Fsp3) is 0.0625. The Hall–Kier alpha value is -2.37. The van der Waals surface area contributed by atoms with Crippen LogP contribution in [0.15, 0.2) is 48.7 Å². The minimum absolute atomic E-state index is 0.388. The van der Waals surface area contributed by atoms with Gasteiger partial charge in [-0.2, -0.15) is 10.1 Å². The molecule has 0 bridgehead atoms. The summed E-state index contributed by atoms with van der Waals surface area (Å²) in [5.74, 6) is 0.901. The summed E-state index contributed by atoms with van der Waals surface area (Å²) >= 11 is 12.1. The lowest BCUT2D eigenvalue weighted by Crippen LogP contribution is -2.02. The van der Waals surface area contributed by atoms with Crippen molar-refractivity contribution in [1.82, 2.24) is 15.2 Å². The summed E-state index contributed by atoms with van der Waals surface area (Å²) in [5, 5.41) is 15.2. The zero-order valence-corrected chi connectivity index (χ0v) is 13.7. The molecule has 2 N–H and O–H groups in total. The first-order valence-corrected chi connectivity index (χ1v) is 7.61. The van der Waals surface area contributed by atoms with E-state index in [9.17, 15) is 0 Å². The van der Waals surface area contributed by atoms with E-state index in [1.54, 1.807) is 18.2 Å². The van der Waals surface area contributed by atoms with Crippen LogP contribution in [0.1, 0.15) is 5.56 Å². The molecule has 23 heavy (non-hydrogen) atoms. The molecule has 3 aromatic rings. The molecule has 0 aliphatic rings. The van der Waals surface area contributed by atoms with Crippen LogP contribution in [0.2, 0.25) is 10.0 Å². The van der Waals surface area contributed by atoms with Gasteiger partial charge in [-0.1, -0.05) is 35.3 Å². The molecule has 3 rings (SSSR count). The molecule has 0 aliphatic carbocycles. The van der Waals surface area contributed by atoms with Gasteiger partial charge in [-0.3, -0.25) is 0 Å². The number of aryl methyl sites for hydroxylation is 1. The SMILES string of the molecule is Cc1cccc(Nc2nncc(Nc3cc(Cl)ccc3Cl)n2)c1. The van der Waals surface area contributed by atoms with Gasteiger partial charge in [0, 0.05) is 10.7 Å². The van der Waals surface area contributed by atoms with E-state index in [0.29, 0.717) is 27.5 Å². The highest BCUT2D eigenvalue weighted by Gasteiger charge is 2.05. The Kier molecular flexibility index (Phi) is 4.60. The first-order chi connectivity index (χ1) is 11.1. The number of halogens is 2. The summed E-state index contributed by atoms with van der Waals surface area (Å²) in [6, 6.07) is 13.1. The third-order valence-corrected chi connectivity index (χ3v) is 3.59. The second-order valence-corrected chi connectivity index (χ2v) is 5.75. The molecule has 0 atom stereocenters. The van der Waals surface area contributed by atoms with E-state index in [-0.39, 0.29) is 0 Å². The number of anilines is 4. The molecule has 0 amide bonds. The van der Waals surface area contributed by atoms with Crippen LogP contribution in [0.5, 0.6) is 0 Å². The summed E-state index contributed by atoms with van der Waals surface area (Å²) in [5.41, 5.74) is 2.69. The fourth-order valence-electron chi connectivity index (χ4n) is 2.00. The van der Waals surface area contributed by atoms with Crippen LogP contribution in [-0.4, -0.2) is 15.2 Å². The second-order valence-electron chi connectivity index (χ2n) is 4.91. The van der Waals surface area contributed by atoms with Gasteiger partial charge in [0.15, 0.2) is 5.82 Å². The number of hydrogen-bond acceptors (Lipinski definition) is 5. The van der Waals surface area contributed by atoms with Crippen molar-refractivity contribution in [3.05, 3.63) is 64.3 Å². The molecule has 5 nitrogen and oxygen atoms in total. The van der Waals surface area contributed by atoms with E-state index >= 15 is 0 Å². The number of hydrogen-bond donors (Lipinski definition) is 2. The second kappa shape index (κ2) is 6.81. The molecule has 0 unspecified atom stereocenters. The summed E-state index contributed by atoms with van der Waals surface area (Å²) in [7, 11) is 0. The van der Waals surface area contributed by atoms with Crippen LogP contribution in [0, 0.1) is 6.92 Å². The van der Waals surface area contributed by atoms with E-state index in [1.165, 1.54) is 6.20 Å². The molecule has 1 heterocycles. The molecular formula is C16H13Cl2N5. The van der Waals surface area contributed by atoms with Gasteiger partial charge in [0.25, 0.3) is 0 Å². The minimum atomic E-state index is 0.388. The van der Waals surface area contributed by atoms with Crippen LogP contribution in [0.4, 0.5) is 23.1 Å². The van der Waals surface area contributed by atoms with Gasteiger partial charge in [0.1, 0.15) is 0 Å². The van der Waals surface area contributed by atoms with E-state index in [4.69, 9.17) is 23.2 Å². The highest BCUT2D eigenvalue weighted by molar-refractivity contribution is 6.35. The van der Waals surface area contributed by atoms with Crippen molar-refractivity contribution in [3.8, 4) is 0 Å². The van der Waals surface area contributed by atoms with Gasteiger partial charge in [-0.25, -0.2) is 0 Å². The largest absolute Gasteiger partial charge is 0.338 e. The van der Waals surface area contributed by atoms with Gasteiger partial charge in [0.05, 0.1) is 16.9 Å². The van der Waals surface area contributed by atoms with Crippen LogP contribution >= 0.6 is 23.2 Å². The lowest BCUT2D eigenvalue weighted by molar-refractivity contribution is 0.982. The van der Waals surface area contributed by atoms with Gasteiger partial charge in [-0.05, 0) is 42.8 Å². The maximum absolute atomic E-state index is 6.13. The normalized spacial score (nSPS) is 10.4. The summed E-state index contributed by atoms with van der Waals surface area (Å²) in [6.07, 6.45) is 1.51. The molecule has 7 heteroatoms. The Morgan fingerprint density at radius 1 is 1.00 bits per heavy atom. The summed E-state index contributed by atoms with van der Waals surface area (Å²) in [6.45, 7) is 2.02. The zero-order chi connectivity index (χ0) is 16.2. The molecule has 0 spiro atoms. The number of nitrogens with zero attached hydrogens (tertiary/aromatic N) is 3. The van der Waals surface area contributed by atoms with Crippen molar-refractivity contribution in [2.24, 2.45) is 0 Å². The fourth-order valence-corrected chi connectivity index (χ4v) is 2.34. The molecule has 2 aromatic carbocycles. The quantitative estimate of drug-likeness (QED) is 0.698.